The molecule has 0 atom stereocenters. The van der Waals surface area contributed by atoms with Gasteiger partial charge in [-0.25, -0.2) is 4.79 Å². The van der Waals surface area contributed by atoms with Gasteiger partial charge in [-0.3, -0.25) is 14.5 Å². The number of hydrogen-bond acceptors (Lipinski definition) is 5. The lowest BCUT2D eigenvalue weighted by Gasteiger charge is -2.14. The quantitative estimate of drug-likeness (QED) is 0.551. The Kier molecular flexibility index (Phi) is 6.00. The average molecular weight is 335 g/mol. The van der Waals surface area contributed by atoms with Gasteiger partial charge in [0.25, 0.3) is 5.91 Å². The van der Waals surface area contributed by atoms with Crippen molar-refractivity contribution in [3.8, 4) is 11.5 Å². The number of carbonyl (C=O) groups excluding carboxylic acids is 3. The Bertz CT molecular complexity index is 602. The van der Waals surface area contributed by atoms with E-state index in [4.69, 9.17) is 9.47 Å². The Hall–Kier alpha value is -2.77. The van der Waals surface area contributed by atoms with Crippen molar-refractivity contribution in [3.05, 3.63) is 24.3 Å². The molecule has 4 amide bonds. The van der Waals surface area contributed by atoms with Crippen LogP contribution in [-0.4, -0.2) is 67.5 Å². The van der Waals surface area contributed by atoms with Gasteiger partial charge in [-0.15, -0.1) is 0 Å². The summed E-state index contributed by atoms with van der Waals surface area (Å²) < 4.78 is 10.8. The normalized spacial score (nSPS) is 14.1. The number of carbonyl (C=O) groups is 3. The lowest BCUT2D eigenvalue weighted by atomic mass is 10.3. The van der Waals surface area contributed by atoms with Crippen LogP contribution in [0.5, 0.6) is 11.5 Å². The minimum Gasteiger partial charge on any atom is -0.494 e. The first-order valence-corrected chi connectivity index (χ1v) is 7.69. The van der Waals surface area contributed by atoms with E-state index in [1.165, 1.54) is 11.9 Å². The molecular weight excluding hydrogens is 314 g/mol. The highest BCUT2D eigenvalue weighted by atomic mass is 16.5. The number of amides is 4. The van der Waals surface area contributed by atoms with Crippen molar-refractivity contribution >= 4 is 17.8 Å². The Labute approximate surface area is 140 Å². The number of likely N-dealkylation sites (N-methyl/N-ethyl adjacent to an activating group) is 1. The fourth-order valence-corrected chi connectivity index (χ4v) is 2.18. The van der Waals surface area contributed by atoms with Crippen LogP contribution in [0, 0.1) is 0 Å². The van der Waals surface area contributed by atoms with E-state index in [2.05, 4.69) is 5.32 Å². The van der Waals surface area contributed by atoms with Gasteiger partial charge < -0.3 is 19.7 Å². The molecule has 130 valence electrons. The minimum atomic E-state index is -0.458. The van der Waals surface area contributed by atoms with E-state index < -0.39 is 11.9 Å². The van der Waals surface area contributed by atoms with Crippen molar-refractivity contribution in [1.82, 2.24) is 15.1 Å². The molecule has 1 aliphatic rings. The molecule has 1 aliphatic heterocycles. The number of ether oxygens (including phenoxy) is 2. The molecule has 0 aromatic heterocycles. The summed E-state index contributed by atoms with van der Waals surface area (Å²) in [5.74, 6) is 0.660. The van der Waals surface area contributed by atoms with E-state index in [0.29, 0.717) is 12.4 Å². The second-order valence-electron chi connectivity index (χ2n) is 5.22. The largest absolute Gasteiger partial charge is 0.494 e. The van der Waals surface area contributed by atoms with Crippen LogP contribution < -0.4 is 14.8 Å². The topological polar surface area (TPSA) is 88.2 Å². The summed E-state index contributed by atoms with van der Waals surface area (Å²) in [6.45, 7) is 2.80. The maximum Gasteiger partial charge on any atom is 0.327 e. The zero-order chi connectivity index (χ0) is 17.5. The van der Waals surface area contributed by atoms with Crippen LogP contribution in [0.15, 0.2) is 24.3 Å². The SMILES string of the molecule is CCOc1ccc(OCCNC(=O)CN2C(=O)CN(C)C2=O)cc1. The molecule has 0 aliphatic carbocycles. The third-order valence-corrected chi connectivity index (χ3v) is 3.36. The summed E-state index contributed by atoms with van der Waals surface area (Å²) in [5, 5.41) is 2.61. The second kappa shape index (κ2) is 8.19. The number of hydrogen-bond donors (Lipinski definition) is 1. The Morgan fingerprint density at radius 1 is 1.17 bits per heavy atom. The minimum absolute atomic E-state index is 0.00691. The van der Waals surface area contributed by atoms with Crippen LogP contribution in [0.3, 0.4) is 0 Å². The van der Waals surface area contributed by atoms with Crippen molar-refractivity contribution in [1.29, 1.82) is 0 Å². The number of rotatable bonds is 8. The molecule has 1 aromatic carbocycles. The monoisotopic (exact) mass is 335 g/mol. The molecule has 24 heavy (non-hydrogen) atoms. The molecule has 1 N–H and O–H groups in total. The predicted octanol–water partition coefficient (Wildman–Crippen LogP) is 0.474. The molecule has 0 spiro atoms. The maximum atomic E-state index is 11.8. The van der Waals surface area contributed by atoms with Crippen LogP contribution in [0.4, 0.5) is 4.79 Å². The second-order valence-corrected chi connectivity index (χ2v) is 5.22. The lowest BCUT2D eigenvalue weighted by Crippen LogP contribution is -2.42. The lowest BCUT2D eigenvalue weighted by molar-refractivity contribution is -0.130. The summed E-state index contributed by atoms with van der Waals surface area (Å²) in [6, 6.07) is 6.71. The molecule has 1 aromatic rings. The molecule has 1 heterocycles. The summed E-state index contributed by atoms with van der Waals surface area (Å²) in [4.78, 5) is 37.2. The van der Waals surface area contributed by atoms with Crippen molar-refractivity contribution in [3.63, 3.8) is 0 Å². The maximum absolute atomic E-state index is 11.8. The molecule has 0 saturated carbocycles. The number of urea groups is 1. The van der Waals surface area contributed by atoms with Gasteiger partial charge in [0.1, 0.15) is 31.2 Å². The van der Waals surface area contributed by atoms with Crippen molar-refractivity contribution in [2.45, 2.75) is 6.92 Å². The van der Waals surface area contributed by atoms with Gasteiger partial charge in [0.05, 0.1) is 13.2 Å². The van der Waals surface area contributed by atoms with Crippen LogP contribution in [0.1, 0.15) is 6.92 Å². The summed E-state index contributed by atoms with van der Waals surface area (Å²) in [6.07, 6.45) is 0. The predicted molar refractivity (Wildman–Crippen MR) is 85.9 cm³/mol. The molecular formula is C16H21N3O5. The highest BCUT2D eigenvalue weighted by Crippen LogP contribution is 2.17. The van der Waals surface area contributed by atoms with E-state index in [0.717, 1.165) is 10.6 Å². The number of benzene rings is 1. The van der Waals surface area contributed by atoms with E-state index in [1.807, 2.05) is 6.92 Å². The summed E-state index contributed by atoms with van der Waals surface area (Å²) in [5.41, 5.74) is 0. The molecule has 1 fully saturated rings. The van der Waals surface area contributed by atoms with E-state index in [1.54, 1.807) is 24.3 Å². The van der Waals surface area contributed by atoms with Crippen LogP contribution >= 0.6 is 0 Å². The molecule has 2 rings (SSSR count). The molecule has 0 unspecified atom stereocenters. The van der Waals surface area contributed by atoms with Gasteiger partial charge in [-0.05, 0) is 31.2 Å². The van der Waals surface area contributed by atoms with Gasteiger partial charge in [0, 0.05) is 7.05 Å². The zero-order valence-electron chi connectivity index (χ0n) is 13.8. The Balaban J connectivity index is 1.67. The van der Waals surface area contributed by atoms with Crippen molar-refractivity contribution < 1.29 is 23.9 Å². The van der Waals surface area contributed by atoms with E-state index in [9.17, 15) is 14.4 Å². The smallest absolute Gasteiger partial charge is 0.327 e. The fourth-order valence-electron chi connectivity index (χ4n) is 2.18. The third-order valence-electron chi connectivity index (χ3n) is 3.36. The third kappa shape index (κ3) is 4.61. The fraction of sp³-hybridized carbons (Fsp3) is 0.438. The molecule has 0 radical (unpaired) electrons. The average Bonchev–Trinajstić information content (AvgIpc) is 2.80. The molecule has 8 nitrogen and oxygen atoms in total. The first-order valence-electron chi connectivity index (χ1n) is 7.69. The standard InChI is InChI=1S/C16H21N3O5/c1-3-23-12-4-6-13(7-5-12)24-9-8-17-14(20)10-19-15(21)11-18(2)16(19)22/h4-7H,3,8-11H2,1-2H3,(H,17,20). The van der Waals surface area contributed by atoms with Crippen LogP contribution in [0.25, 0.3) is 0 Å². The first kappa shape index (κ1) is 17.6. The Morgan fingerprint density at radius 3 is 2.33 bits per heavy atom. The highest BCUT2D eigenvalue weighted by molar-refractivity contribution is 6.04. The molecule has 1 saturated heterocycles. The molecule has 0 bridgehead atoms. The number of nitrogens with zero attached hydrogens (tertiary/aromatic N) is 2. The van der Waals surface area contributed by atoms with Gasteiger partial charge in [0.2, 0.25) is 5.91 Å². The van der Waals surface area contributed by atoms with Crippen LogP contribution in [-0.2, 0) is 9.59 Å². The van der Waals surface area contributed by atoms with Crippen molar-refractivity contribution in [2.24, 2.45) is 0 Å². The summed E-state index contributed by atoms with van der Waals surface area (Å²) in [7, 11) is 1.52. The van der Waals surface area contributed by atoms with Gasteiger partial charge >= 0.3 is 6.03 Å². The first-order chi connectivity index (χ1) is 11.5. The van der Waals surface area contributed by atoms with Crippen molar-refractivity contribution in [2.75, 3.05) is 39.9 Å². The zero-order valence-corrected chi connectivity index (χ0v) is 13.8. The summed E-state index contributed by atoms with van der Waals surface area (Å²) >= 11 is 0. The van der Waals surface area contributed by atoms with Crippen LogP contribution in [0.2, 0.25) is 0 Å². The highest BCUT2D eigenvalue weighted by Gasteiger charge is 2.34. The van der Waals surface area contributed by atoms with E-state index >= 15 is 0 Å². The number of nitrogens with one attached hydrogen (secondary N) is 1. The number of imide groups is 1. The van der Waals surface area contributed by atoms with E-state index in [-0.39, 0.29) is 32.1 Å². The van der Waals surface area contributed by atoms with Gasteiger partial charge in [0.15, 0.2) is 0 Å². The van der Waals surface area contributed by atoms with Gasteiger partial charge in [-0.2, -0.15) is 0 Å². The molecule has 8 heteroatoms. The Morgan fingerprint density at radius 2 is 1.79 bits per heavy atom. The van der Waals surface area contributed by atoms with Gasteiger partial charge in [-0.1, -0.05) is 0 Å².